The fraction of sp³-hybridized carbons (Fsp3) is 0.900. The van der Waals surface area contributed by atoms with Gasteiger partial charge in [-0.3, -0.25) is 0 Å². The summed E-state index contributed by atoms with van der Waals surface area (Å²) in [4.78, 5) is 13.2. The van der Waals surface area contributed by atoms with E-state index in [4.69, 9.17) is 0 Å². The van der Waals surface area contributed by atoms with Gasteiger partial charge in [-0.1, -0.05) is 6.42 Å². The SMILES string of the molecule is O=C[C@H]1CCC[C@H](N2CCC2)C1. The maximum atomic E-state index is 10.6. The van der Waals surface area contributed by atoms with Crippen LogP contribution in [0.3, 0.4) is 0 Å². The summed E-state index contributed by atoms with van der Waals surface area (Å²) < 4.78 is 0. The highest BCUT2D eigenvalue weighted by Crippen LogP contribution is 2.28. The summed E-state index contributed by atoms with van der Waals surface area (Å²) in [6.07, 6.45) is 7.36. The Morgan fingerprint density at radius 2 is 2.00 bits per heavy atom. The van der Waals surface area contributed by atoms with Gasteiger partial charge in [0.05, 0.1) is 0 Å². The molecule has 0 unspecified atom stereocenters. The monoisotopic (exact) mass is 167 g/mol. The largest absolute Gasteiger partial charge is 0.303 e. The Balaban J connectivity index is 1.84. The van der Waals surface area contributed by atoms with E-state index in [1.165, 1.54) is 32.4 Å². The molecule has 1 saturated heterocycles. The Kier molecular flexibility index (Phi) is 2.45. The lowest BCUT2D eigenvalue weighted by atomic mass is 9.85. The Bertz CT molecular complexity index is 165. The minimum atomic E-state index is 0.365. The first kappa shape index (κ1) is 8.24. The molecular formula is C10H17NO. The summed E-state index contributed by atoms with van der Waals surface area (Å²) >= 11 is 0. The van der Waals surface area contributed by atoms with Gasteiger partial charge in [-0.25, -0.2) is 0 Å². The number of likely N-dealkylation sites (tertiary alicyclic amines) is 1. The van der Waals surface area contributed by atoms with Crippen molar-refractivity contribution in [3.05, 3.63) is 0 Å². The third kappa shape index (κ3) is 1.53. The van der Waals surface area contributed by atoms with Gasteiger partial charge in [0.25, 0.3) is 0 Å². The van der Waals surface area contributed by atoms with Gasteiger partial charge in [0, 0.05) is 12.0 Å². The molecule has 0 aromatic rings. The molecule has 2 aliphatic rings. The van der Waals surface area contributed by atoms with Crippen LogP contribution in [0.15, 0.2) is 0 Å². The van der Waals surface area contributed by atoms with Crippen molar-refractivity contribution in [1.82, 2.24) is 4.90 Å². The Labute approximate surface area is 73.9 Å². The molecule has 2 atom stereocenters. The number of aldehydes is 1. The maximum Gasteiger partial charge on any atom is 0.123 e. The first-order chi connectivity index (χ1) is 5.90. The molecular weight excluding hydrogens is 150 g/mol. The molecule has 1 heterocycles. The van der Waals surface area contributed by atoms with E-state index in [2.05, 4.69) is 4.90 Å². The summed E-state index contributed by atoms with van der Waals surface area (Å²) in [5.74, 6) is 0.365. The van der Waals surface area contributed by atoms with E-state index >= 15 is 0 Å². The minimum absolute atomic E-state index is 0.365. The lowest BCUT2D eigenvalue weighted by Gasteiger charge is -2.41. The highest BCUT2D eigenvalue weighted by Gasteiger charge is 2.29. The van der Waals surface area contributed by atoms with Crippen LogP contribution in [0.1, 0.15) is 32.1 Å². The molecule has 0 bridgehead atoms. The molecule has 2 heteroatoms. The van der Waals surface area contributed by atoms with E-state index in [1.807, 2.05) is 0 Å². The number of rotatable bonds is 2. The molecule has 2 rings (SSSR count). The summed E-state index contributed by atoms with van der Waals surface area (Å²) in [7, 11) is 0. The first-order valence-corrected chi connectivity index (χ1v) is 5.09. The van der Waals surface area contributed by atoms with Crippen LogP contribution < -0.4 is 0 Å². The summed E-state index contributed by atoms with van der Waals surface area (Å²) in [6, 6.07) is 0.739. The van der Waals surface area contributed by atoms with Gasteiger partial charge in [0.15, 0.2) is 0 Å². The van der Waals surface area contributed by atoms with E-state index in [0.29, 0.717) is 5.92 Å². The van der Waals surface area contributed by atoms with Gasteiger partial charge in [-0.15, -0.1) is 0 Å². The lowest BCUT2D eigenvalue weighted by molar-refractivity contribution is -0.112. The van der Waals surface area contributed by atoms with Crippen molar-refractivity contribution in [3.63, 3.8) is 0 Å². The third-order valence-corrected chi connectivity index (χ3v) is 3.29. The predicted molar refractivity (Wildman–Crippen MR) is 48.0 cm³/mol. The molecule has 12 heavy (non-hydrogen) atoms. The van der Waals surface area contributed by atoms with Crippen molar-refractivity contribution in [3.8, 4) is 0 Å². The fourth-order valence-electron chi connectivity index (χ4n) is 2.36. The van der Waals surface area contributed by atoms with E-state index in [9.17, 15) is 4.79 Å². The van der Waals surface area contributed by atoms with E-state index in [1.54, 1.807) is 0 Å². The molecule has 1 aliphatic heterocycles. The van der Waals surface area contributed by atoms with Gasteiger partial charge in [-0.05, 0) is 38.8 Å². The molecule has 0 amide bonds. The number of hydrogen-bond donors (Lipinski definition) is 0. The smallest absolute Gasteiger partial charge is 0.123 e. The second-order valence-electron chi connectivity index (χ2n) is 4.11. The van der Waals surface area contributed by atoms with Crippen molar-refractivity contribution in [2.45, 2.75) is 38.1 Å². The normalized spacial score (nSPS) is 37.3. The topological polar surface area (TPSA) is 20.3 Å². The molecule has 1 saturated carbocycles. The Morgan fingerprint density at radius 1 is 1.17 bits per heavy atom. The van der Waals surface area contributed by atoms with E-state index in [-0.39, 0.29) is 0 Å². The van der Waals surface area contributed by atoms with Crippen molar-refractivity contribution < 1.29 is 4.79 Å². The number of carbonyl (C=O) groups excluding carboxylic acids is 1. The molecule has 1 aliphatic carbocycles. The summed E-state index contributed by atoms with van der Waals surface area (Å²) in [6.45, 7) is 2.55. The van der Waals surface area contributed by atoms with Gasteiger partial charge in [-0.2, -0.15) is 0 Å². The van der Waals surface area contributed by atoms with Crippen LogP contribution in [-0.2, 0) is 4.79 Å². The molecule has 2 nitrogen and oxygen atoms in total. The van der Waals surface area contributed by atoms with Crippen LogP contribution in [-0.4, -0.2) is 30.3 Å². The zero-order valence-corrected chi connectivity index (χ0v) is 7.54. The highest BCUT2D eigenvalue weighted by molar-refractivity contribution is 5.53. The quantitative estimate of drug-likeness (QED) is 0.580. The minimum Gasteiger partial charge on any atom is -0.303 e. The Hall–Kier alpha value is -0.370. The number of hydrogen-bond acceptors (Lipinski definition) is 2. The van der Waals surface area contributed by atoms with Gasteiger partial charge in [0.1, 0.15) is 6.29 Å². The molecule has 0 aromatic carbocycles. The third-order valence-electron chi connectivity index (χ3n) is 3.29. The summed E-state index contributed by atoms with van der Waals surface area (Å²) in [5, 5.41) is 0. The predicted octanol–water partition coefficient (Wildman–Crippen LogP) is 1.45. The second-order valence-corrected chi connectivity index (χ2v) is 4.11. The van der Waals surface area contributed by atoms with Crippen LogP contribution >= 0.6 is 0 Å². The number of nitrogens with zero attached hydrogens (tertiary/aromatic N) is 1. The molecule has 68 valence electrons. The van der Waals surface area contributed by atoms with Crippen LogP contribution in [0, 0.1) is 5.92 Å². The fourth-order valence-corrected chi connectivity index (χ4v) is 2.36. The van der Waals surface area contributed by atoms with Crippen LogP contribution in [0.4, 0.5) is 0 Å². The van der Waals surface area contributed by atoms with Gasteiger partial charge >= 0.3 is 0 Å². The van der Waals surface area contributed by atoms with E-state index in [0.717, 1.165) is 25.2 Å². The Morgan fingerprint density at radius 3 is 2.58 bits per heavy atom. The molecule has 0 N–H and O–H groups in total. The average molecular weight is 167 g/mol. The zero-order valence-electron chi connectivity index (χ0n) is 7.54. The lowest BCUT2D eigenvalue weighted by Crippen LogP contribution is -2.47. The van der Waals surface area contributed by atoms with Gasteiger partial charge in [0.2, 0.25) is 0 Å². The van der Waals surface area contributed by atoms with E-state index < -0.39 is 0 Å². The molecule has 0 aromatic heterocycles. The molecule has 2 fully saturated rings. The number of carbonyl (C=O) groups is 1. The van der Waals surface area contributed by atoms with Crippen LogP contribution in [0.2, 0.25) is 0 Å². The second kappa shape index (κ2) is 3.56. The zero-order chi connectivity index (χ0) is 8.39. The van der Waals surface area contributed by atoms with Gasteiger partial charge < -0.3 is 9.69 Å². The average Bonchev–Trinajstić information content (AvgIpc) is 2.02. The summed E-state index contributed by atoms with van der Waals surface area (Å²) in [5.41, 5.74) is 0. The van der Waals surface area contributed by atoms with Crippen molar-refractivity contribution in [2.75, 3.05) is 13.1 Å². The van der Waals surface area contributed by atoms with Crippen molar-refractivity contribution in [2.24, 2.45) is 5.92 Å². The van der Waals surface area contributed by atoms with Crippen molar-refractivity contribution in [1.29, 1.82) is 0 Å². The highest BCUT2D eigenvalue weighted by atomic mass is 16.1. The standard InChI is InChI=1S/C10H17NO/c12-8-9-3-1-4-10(7-9)11-5-2-6-11/h8-10H,1-7H2/t9-,10-/m0/s1. The first-order valence-electron chi connectivity index (χ1n) is 5.09. The maximum absolute atomic E-state index is 10.6. The van der Waals surface area contributed by atoms with Crippen molar-refractivity contribution >= 4 is 6.29 Å². The van der Waals surface area contributed by atoms with Crippen LogP contribution in [0.25, 0.3) is 0 Å². The molecule has 0 radical (unpaired) electrons. The molecule has 0 spiro atoms. The van der Waals surface area contributed by atoms with Crippen LogP contribution in [0.5, 0.6) is 0 Å².